The SMILES string of the molecule is Bc1ccc2ncc(C=O)nc2c1. The minimum atomic E-state index is 0.373. The molecular formula is C9H7BN2O. The molecule has 62 valence electrons. The zero-order valence-corrected chi connectivity index (χ0v) is 7.19. The molecule has 0 atom stereocenters. The predicted molar refractivity (Wildman–Crippen MR) is 53.1 cm³/mol. The summed E-state index contributed by atoms with van der Waals surface area (Å²) in [5.74, 6) is 0. The second kappa shape index (κ2) is 2.97. The largest absolute Gasteiger partial charge is 0.296 e. The highest BCUT2D eigenvalue weighted by atomic mass is 16.1. The third-order valence-corrected chi connectivity index (χ3v) is 1.84. The fraction of sp³-hybridized carbons (Fsp3) is 0. The fourth-order valence-electron chi connectivity index (χ4n) is 1.19. The second-order valence-electron chi connectivity index (χ2n) is 2.90. The summed E-state index contributed by atoms with van der Waals surface area (Å²) in [6.45, 7) is 0. The van der Waals surface area contributed by atoms with Gasteiger partial charge in [-0.2, -0.15) is 0 Å². The fourth-order valence-corrected chi connectivity index (χ4v) is 1.19. The summed E-state index contributed by atoms with van der Waals surface area (Å²) < 4.78 is 0. The Bertz CT molecular complexity index is 470. The van der Waals surface area contributed by atoms with Gasteiger partial charge >= 0.3 is 0 Å². The average molecular weight is 170 g/mol. The lowest BCUT2D eigenvalue weighted by molar-refractivity contribution is 0.111. The molecule has 0 saturated carbocycles. The maximum absolute atomic E-state index is 10.4. The van der Waals surface area contributed by atoms with Crippen LogP contribution in [0.3, 0.4) is 0 Å². The Labute approximate surface area is 76.2 Å². The van der Waals surface area contributed by atoms with Crippen molar-refractivity contribution in [1.29, 1.82) is 0 Å². The minimum absolute atomic E-state index is 0.373. The highest BCUT2D eigenvalue weighted by molar-refractivity contribution is 6.33. The van der Waals surface area contributed by atoms with Crippen LogP contribution in [0.1, 0.15) is 10.5 Å². The zero-order chi connectivity index (χ0) is 9.26. The molecule has 1 aromatic carbocycles. The molecule has 0 amide bonds. The van der Waals surface area contributed by atoms with Crippen LogP contribution in [-0.4, -0.2) is 24.1 Å². The molecule has 3 nitrogen and oxygen atoms in total. The van der Waals surface area contributed by atoms with Gasteiger partial charge in [-0.1, -0.05) is 11.5 Å². The van der Waals surface area contributed by atoms with E-state index in [0.717, 1.165) is 16.5 Å². The minimum Gasteiger partial charge on any atom is -0.296 e. The molecule has 0 bridgehead atoms. The van der Waals surface area contributed by atoms with Crippen LogP contribution in [0.25, 0.3) is 11.0 Å². The summed E-state index contributed by atoms with van der Waals surface area (Å²) in [5.41, 5.74) is 3.07. The van der Waals surface area contributed by atoms with Crippen LogP contribution in [-0.2, 0) is 0 Å². The molecule has 4 heteroatoms. The number of aldehydes is 1. The first kappa shape index (κ1) is 7.92. The highest BCUT2D eigenvalue weighted by Gasteiger charge is 1.97. The maximum atomic E-state index is 10.4. The first-order valence-corrected chi connectivity index (χ1v) is 3.98. The molecule has 2 rings (SSSR count). The van der Waals surface area contributed by atoms with Gasteiger partial charge in [-0.15, -0.1) is 0 Å². The summed E-state index contributed by atoms with van der Waals surface area (Å²) in [4.78, 5) is 18.7. The molecule has 0 saturated heterocycles. The van der Waals surface area contributed by atoms with Gasteiger partial charge in [-0.05, 0) is 12.1 Å². The van der Waals surface area contributed by atoms with Crippen LogP contribution >= 0.6 is 0 Å². The van der Waals surface area contributed by atoms with Crippen molar-refractivity contribution in [2.75, 3.05) is 0 Å². The van der Waals surface area contributed by atoms with Crippen LogP contribution in [0.15, 0.2) is 24.4 Å². The zero-order valence-electron chi connectivity index (χ0n) is 7.19. The number of hydrogen-bond donors (Lipinski definition) is 0. The van der Waals surface area contributed by atoms with Gasteiger partial charge in [0, 0.05) is 0 Å². The quantitative estimate of drug-likeness (QED) is 0.435. The standard InChI is InChI=1S/C9H7BN2O/c10-6-1-2-8-9(3-6)12-7(5-13)4-11-8/h1-5H,10H2. The third-order valence-electron chi connectivity index (χ3n) is 1.84. The van der Waals surface area contributed by atoms with Crippen molar-refractivity contribution in [3.05, 3.63) is 30.1 Å². The van der Waals surface area contributed by atoms with Crippen LogP contribution in [0.2, 0.25) is 0 Å². The van der Waals surface area contributed by atoms with Crippen LogP contribution < -0.4 is 5.46 Å². The van der Waals surface area contributed by atoms with E-state index in [9.17, 15) is 4.79 Å². The first-order chi connectivity index (χ1) is 6.29. The van der Waals surface area contributed by atoms with E-state index in [4.69, 9.17) is 0 Å². The molecule has 0 radical (unpaired) electrons. The van der Waals surface area contributed by atoms with Crippen LogP contribution in [0.4, 0.5) is 0 Å². The van der Waals surface area contributed by atoms with Crippen molar-refractivity contribution >= 4 is 30.6 Å². The summed E-state index contributed by atoms with van der Waals surface area (Å²) in [7, 11) is 1.98. The molecule has 1 heterocycles. The smallest absolute Gasteiger partial charge is 0.170 e. The Morgan fingerprint density at radius 1 is 1.31 bits per heavy atom. The molecule has 13 heavy (non-hydrogen) atoms. The van der Waals surface area contributed by atoms with Crippen molar-refractivity contribution in [1.82, 2.24) is 9.97 Å². The number of hydrogen-bond acceptors (Lipinski definition) is 3. The number of nitrogens with zero attached hydrogens (tertiary/aromatic N) is 2. The average Bonchev–Trinajstić information content (AvgIpc) is 2.16. The van der Waals surface area contributed by atoms with E-state index in [1.807, 2.05) is 26.0 Å². The highest BCUT2D eigenvalue weighted by Crippen LogP contribution is 2.05. The summed E-state index contributed by atoms with van der Waals surface area (Å²) in [6.07, 6.45) is 2.18. The summed E-state index contributed by atoms with van der Waals surface area (Å²) in [5, 5.41) is 0. The van der Waals surface area contributed by atoms with E-state index in [0.29, 0.717) is 12.0 Å². The lowest BCUT2D eigenvalue weighted by atomic mass is 9.96. The first-order valence-electron chi connectivity index (χ1n) is 3.98. The van der Waals surface area contributed by atoms with E-state index in [-0.39, 0.29) is 0 Å². The molecular weight excluding hydrogens is 163 g/mol. The third kappa shape index (κ3) is 1.43. The normalized spacial score (nSPS) is 10.2. The molecule has 0 aliphatic rings. The Morgan fingerprint density at radius 2 is 2.15 bits per heavy atom. The Kier molecular flexibility index (Phi) is 1.81. The number of carbonyl (C=O) groups excluding carboxylic acids is 1. The number of fused-ring (bicyclic) bond motifs is 1. The van der Waals surface area contributed by atoms with E-state index < -0.39 is 0 Å². The van der Waals surface area contributed by atoms with E-state index in [2.05, 4.69) is 9.97 Å². The molecule has 0 N–H and O–H groups in total. The Balaban J connectivity index is 2.74. The van der Waals surface area contributed by atoms with E-state index >= 15 is 0 Å². The van der Waals surface area contributed by atoms with Gasteiger partial charge in [0.05, 0.1) is 17.2 Å². The van der Waals surface area contributed by atoms with Gasteiger partial charge in [0.25, 0.3) is 0 Å². The van der Waals surface area contributed by atoms with E-state index in [1.54, 1.807) is 0 Å². The Hall–Kier alpha value is -1.71. The second-order valence-corrected chi connectivity index (χ2v) is 2.90. The maximum Gasteiger partial charge on any atom is 0.170 e. The number of carbonyl (C=O) groups is 1. The molecule has 0 aliphatic heterocycles. The van der Waals surface area contributed by atoms with Gasteiger partial charge < -0.3 is 0 Å². The molecule has 0 unspecified atom stereocenters. The van der Waals surface area contributed by atoms with Crippen molar-refractivity contribution < 1.29 is 4.79 Å². The topological polar surface area (TPSA) is 42.9 Å². The van der Waals surface area contributed by atoms with Crippen molar-refractivity contribution in [3.63, 3.8) is 0 Å². The van der Waals surface area contributed by atoms with Gasteiger partial charge in [-0.25, -0.2) is 4.98 Å². The van der Waals surface area contributed by atoms with Gasteiger partial charge in [0.15, 0.2) is 6.29 Å². The van der Waals surface area contributed by atoms with Crippen LogP contribution in [0, 0.1) is 0 Å². The monoisotopic (exact) mass is 170 g/mol. The molecule has 0 spiro atoms. The predicted octanol–water partition coefficient (Wildman–Crippen LogP) is -0.299. The lowest BCUT2D eigenvalue weighted by Crippen LogP contribution is -2.02. The molecule has 1 aromatic heterocycles. The van der Waals surface area contributed by atoms with Gasteiger partial charge in [0.1, 0.15) is 13.5 Å². The number of rotatable bonds is 1. The van der Waals surface area contributed by atoms with Gasteiger partial charge in [-0.3, -0.25) is 9.78 Å². The molecule has 0 aliphatic carbocycles. The number of benzene rings is 1. The summed E-state index contributed by atoms with van der Waals surface area (Å²) in [6, 6.07) is 5.78. The Morgan fingerprint density at radius 3 is 2.92 bits per heavy atom. The number of aromatic nitrogens is 2. The van der Waals surface area contributed by atoms with E-state index in [1.165, 1.54) is 6.20 Å². The molecule has 0 fully saturated rings. The van der Waals surface area contributed by atoms with Crippen molar-refractivity contribution in [2.24, 2.45) is 0 Å². The van der Waals surface area contributed by atoms with Crippen molar-refractivity contribution in [2.45, 2.75) is 0 Å². The van der Waals surface area contributed by atoms with Crippen molar-refractivity contribution in [3.8, 4) is 0 Å². The van der Waals surface area contributed by atoms with Crippen LogP contribution in [0.5, 0.6) is 0 Å². The summed E-state index contributed by atoms with van der Waals surface area (Å²) >= 11 is 0. The lowest BCUT2D eigenvalue weighted by Gasteiger charge is -1.97. The van der Waals surface area contributed by atoms with Gasteiger partial charge in [0.2, 0.25) is 0 Å². The molecule has 2 aromatic rings.